The van der Waals surface area contributed by atoms with Crippen molar-refractivity contribution < 1.29 is 33.7 Å². The summed E-state index contributed by atoms with van der Waals surface area (Å²) in [5.74, 6) is -1.24. The molecule has 0 aromatic heterocycles. The summed E-state index contributed by atoms with van der Waals surface area (Å²) in [5, 5.41) is 12.8. The third kappa shape index (κ3) is 2.93. The molecule has 3 fully saturated rings. The summed E-state index contributed by atoms with van der Waals surface area (Å²) in [7, 11) is 0. The summed E-state index contributed by atoms with van der Waals surface area (Å²) in [5.41, 5.74) is -0.673. The number of ketones is 1. The quantitative estimate of drug-likeness (QED) is 0.348. The highest BCUT2D eigenvalue weighted by Crippen LogP contribution is 2.73. The number of epoxide rings is 1. The molecule has 2 heterocycles. The summed E-state index contributed by atoms with van der Waals surface area (Å²) in [6.45, 7) is 11.2. The molecule has 0 radical (unpaired) electrons. The number of hydrogen-bond acceptors (Lipinski definition) is 7. The second kappa shape index (κ2) is 7.66. The fourth-order valence-electron chi connectivity index (χ4n) is 9.06. The Morgan fingerprint density at radius 2 is 1.95 bits per heavy atom. The van der Waals surface area contributed by atoms with Crippen LogP contribution in [0.25, 0.3) is 0 Å². The molecule has 1 spiro atoms. The van der Waals surface area contributed by atoms with E-state index >= 15 is 0 Å². The van der Waals surface area contributed by atoms with E-state index in [1.165, 1.54) is 6.92 Å². The van der Waals surface area contributed by atoms with Crippen LogP contribution in [0, 0.1) is 28.6 Å². The number of hydrogen-bond donors (Lipinski definition) is 1. The van der Waals surface area contributed by atoms with Crippen molar-refractivity contribution in [2.24, 2.45) is 28.6 Å². The Labute approximate surface area is 218 Å². The zero-order valence-corrected chi connectivity index (χ0v) is 22.6. The van der Waals surface area contributed by atoms with Crippen LogP contribution >= 0.6 is 0 Å². The van der Waals surface area contributed by atoms with E-state index in [0.717, 1.165) is 17.6 Å². The summed E-state index contributed by atoms with van der Waals surface area (Å²) in [4.78, 5) is 38.2. The van der Waals surface area contributed by atoms with Crippen LogP contribution in [0.1, 0.15) is 73.6 Å². The number of carbonyl (C=O) groups excluding carboxylic acids is 3. The van der Waals surface area contributed by atoms with Crippen LogP contribution in [-0.2, 0) is 28.6 Å². The number of allylic oxidation sites excluding steroid dienone is 1. The summed E-state index contributed by atoms with van der Waals surface area (Å²) in [6.07, 6.45) is 7.60. The van der Waals surface area contributed by atoms with Gasteiger partial charge in [0, 0.05) is 30.3 Å². The molecule has 37 heavy (non-hydrogen) atoms. The summed E-state index contributed by atoms with van der Waals surface area (Å²) in [6, 6.07) is 0. The van der Waals surface area contributed by atoms with Crippen molar-refractivity contribution in [3.05, 3.63) is 34.9 Å². The minimum absolute atomic E-state index is 0.0680. The molecule has 0 aromatic carbocycles. The maximum atomic E-state index is 13.4. The van der Waals surface area contributed by atoms with Gasteiger partial charge in [0.25, 0.3) is 0 Å². The van der Waals surface area contributed by atoms with Gasteiger partial charge in [0.1, 0.15) is 23.4 Å². The maximum Gasteiger partial charge on any atom is 0.333 e. The van der Waals surface area contributed by atoms with Gasteiger partial charge in [0.15, 0.2) is 5.78 Å². The van der Waals surface area contributed by atoms with Crippen LogP contribution in [0.4, 0.5) is 0 Å². The van der Waals surface area contributed by atoms with Gasteiger partial charge in [0.05, 0.1) is 11.5 Å². The number of ether oxygens (including phenoxy) is 3. The van der Waals surface area contributed by atoms with Gasteiger partial charge >= 0.3 is 11.9 Å². The van der Waals surface area contributed by atoms with Crippen LogP contribution in [0.3, 0.4) is 0 Å². The van der Waals surface area contributed by atoms with Crippen molar-refractivity contribution in [3.8, 4) is 0 Å². The minimum atomic E-state index is -1.40. The molecule has 0 amide bonds. The molecular weight excluding hydrogens is 472 g/mol. The lowest BCUT2D eigenvalue weighted by molar-refractivity contribution is -0.221. The number of rotatable bonds is 3. The molecule has 0 aromatic rings. The molecule has 10 atom stereocenters. The average molecular weight is 511 g/mol. The topological polar surface area (TPSA) is 102 Å². The molecule has 0 unspecified atom stereocenters. The Morgan fingerprint density at radius 1 is 1.22 bits per heavy atom. The number of esters is 2. The first-order valence-corrected chi connectivity index (χ1v) is 13.7. The first kappa shape index (κ1) is 25.1. The maximum absolute atomic E-state index is 13.4. The summed E-state index contributed by atoms with van der Waals surface area (Å²) < 4.78 is 18.0. The third-order valence-corrected chi connectivity index (χ3v) is 11.5. The first-order valence-electron chi connectivity index (χ1n) is 13.7. The number of fused-ring (bicyclic) bond motifs is 4. The molecule has 200 valence electrons. The van der Waals surface area contributed by atoms with Crippen molar-refractivity contribution in [2.75, 3.05) is 0 Å². The monoisotopic (exact) mass is 510 g/mol. The highest BCUT2D eigenvalue weighted by atomic mass is 16.6. The zero-order valence-electron chi connectivity index (χ0n) is 22.6. The van der Waals surface area contributed by atoms with E-state index in [1.807, 2.05) is 32.9 Å². The largest absolute Gasteiger partial charge is 0.458 e. The number of aliphatic hydroxyl groups is 1. The van der Waals surface area contributed by atoms with Gasteiger partial charge in [-0.1, -0.05) is 31.1 Å². The first-order chi connectivity index (χ1) is 17.3. The van der Waals surface area contributed by atoms with Gasteiger partial charge < -0.3 is 19.3 Å². The van der Waals surface area contributed by atoms with Gasteiger partial charge in [0.2, 0.25) is 0 Å². The molecule has 6 rings (SSSR count). The third-order valence-electron chi connectivity index (χ3n) is 11.5. The SMILES string of the molecule is CC(=O)O[C@H]1C=C([C@H](C)[C@H]2CC(C)=C(C)C(=O)O2)[C@@]2(C)CC[C@H]3[C@@H](C[C@H]4O[C@]45CC=CC(=O)[C@]35C)[C@@]12O. The van der Waals surface area contributed by atoms with Crippen molar-refractivity contribution in [3.63, 3.8) is 0 Å². The van der Waals surface area contributed by atoms with E-state index in [0.29, 0.717) is 31.3 Å². The van der Waals surface area contributed by atoms with E-state index in [9.17, 15) is 19.5 Å². The van der Waals surface area contributed by atoms with Crippen LogP contribution in [0.2, 0.25) is 0 Å². The Bertz CT molecular complexity index is 1200. The van der Waals surface area contributed by atoms with Crippen molar-refractivity contribution >= 4 is 17.7 Å². The fraction of sp³-hybridized carbons (Fsp3) is 0.700. The number of cyclic esters (lactones) is 1. The molecule has 2 aliphatic heterocycles. The average Bonchev–Trinajstić information content (AvgIpc) is 3.49. The lowest BCUT2D eigenvalue weighted by Crippen LogP contribution is -2.68. The van der Waals surface area contributed by atoms with Crippen molar-refractivity contribution in [2.45, 2.75) is 103 Å². The van der Waals surface area contributed by atoms with Crippen LogP contribution < -0.4 is 0 Å². The molecule has 0 bridgehead atoms. The second-order valence-electron chi connectivity index (χ2n) is 12.8. The van der Waals surface area contributed by atoms with Crippen LogP contribution in [0.5, 0.6) is 0 Å². The summed E-state index contributed by atoms with van der Waals surface area (Å²) >= 11 is 0. The Balaban J connectivity index is 1.41. The van der Waals surface area contributed by atoms with Gasteiger partial charge in [-0.05, 0) is 70.4 Å². The van der Waals surface area contributed by atoms with Crippen LogP contribution in [0.15, 0.2) is 34.9 Å². The van der Waals surface area contributed by atoms with Crippen molar-refractivity contribution in [1.82, 2.24) is 0 Å². The van der Waals surface area contributed by atoms with E-state index in [-0.39, 0.29) is 41.7 Å². The van der Waals surface area contributed by atoms with E-state index < -0.39 is 34.1 Å². The van der Waals surface area contributed by atoms with E-state index in [1.54, 1.807) is 13.0 Å². The van der Waals surface area contributed by atoms with Crippen LogP contribution in [-0.4, -0.2) is 52.3 Å². The fourth-order valence-corrected chi connectivity index (χ4v) is 9.06. The standard InChI is InChI=1S/C30H38O7/c1-15-12-22(36-26(33)16(15)2)17(3)20-13-25(35-18(4)31)30(34)21-14-24-29(37-24)10-7-8-23(32)28(29,6)19(21)9-11-27(20,30)5/h7-8,13,17,19,21-22,24-25,34H,9-12,14H2,1-6H3/t17-,19-,21+,22+,24+,25-,27+,28-,29+,30+/m0/s1. The molecule has 1 saturated heterocycles. The zero-order chi connectivity index (χ0) is 26.7. The lowest BCUT2D eigenvalue weighted by Gasteiger charge is -2.61. The Morgan fingerprint density at radius 3 is 2.62 bits per heavy atom. The predicted octanol–water partition coefficient (Wildman–Crippen LogP) is 3.99. The normalized spacial score (nSPS) is 48.7. The molecule has 6 aliphatic rings. The van der Waals surface area contributed by atoms with Gasteiger partial charge in [-0.2, -0.15) is 0 Å². The lowest BCUT2D eigenvalue weighted by atomic mass is 9.43. The van der Waals surface area contributed by atoms with E-state index in [2.05, 4.69) is 6.92 Å². The second-order valence-corrected chi connectivity index (χ2v) is 12.8. The highest BCUT2D eigenvalue weighted by molar-refractivity contribution is 5.98. The molecule has 7 nitrogen and oxygen atoms in total. The predicted molar refractivity (Wildman–Crippen MR) is 134 cm³/mol. The molecular formula is C30H38O7. The highest BCUT2D eigenvalue weighted by Gasteiger charge is 2.80. The van der Waals surface area contributed by atoms with Crippen molar-refractivity contribution in [1.29, 1.82) is 0 Å². The molecule has 2 saturated carbocycles. The molecule has 7 heteroatoms. The minimum Gasteiger partial charge on any atom is -0.458 e. The van der Waals surface area contributed by atoms with Gasteiger partial charge in [-0.15, -0.1) is 0 Å². The van der Waals surface area contributed by atoms with Gasteiger partial charge in [-0.3, -0.25) is 9.59 Å². The van der Waals surface area contributed by atoms with E-state index in [4.69, 9.17) is 14.2 Å². The Kier molecular flexibility index (Phi) is 5.19. The molecule has 4 aliphatic carbocycles. The van der Waals surface area contributed by atoms with Gasteiger partial charge in [-0.25, -0.2) is 4.79 Å². The Hall–Kier alpha value is -2.25. The molecule has 1 N–H and O–H groups in total. The smallest absolute Gasteiger partial charge is 0.333 e. The number of carbonyl (C=O) groups is 3.